The second-order valence-corrected chi connectivity index (χ2v) is 4.00. The highest BCUT2D eigenvalue weighted by Crippen LogP contribution is 2.18. The Morgan fingerprint density at radius 2 is 2.31 bits per heavy atom. The van der Waals surface area contributed by atoms with Gasteiger partial charge in [0.2, 0.25) is 0 Å². The summed E-state index contributed by atoms with van der Waals surface area (Å²) in [5, 5.41) is 6.46. The molecule has 0 spiro atoms. The third-order valence-corrected chi connectivity index (χ3v) is 2.55. The number of rotatable bonds is 6. The van der Waals surface area contributed by atoms with Crippen LogP contribution < -0.4 is 21.9 Å². The summed E-state index contributed by atoms with van der Waals surface area (Å²) in [5.41, 5.74) is 5.42. The van der Waals surface area contributed by atoms with Gasteiger partial charge in [-0.3, -0.25) is 4.79 Å². The summed E-state index contributed by atoms with van der Waals surface area (Å²) in [4.78, 5) is 17.5. The second kappa shape index (κ2) is 4.98. The number of aromatic amines is 1. The zero-order chi connectivity index (χ0) is 11.4. The van der Waals surface area contributed by atoms with Crippen LogP contribution in [-0.2, 0) is 0 Å². The lowest BCUT2D eigenvalue weighted by Gasteiger charge is -2.07. The summed E-state index contributed by atoms with van der Waals surface area (Å²) in [6.45, 7) is 1.75. The highest BCUT2D eigenvalue weighted by molar-refractivity contribution is 5.58. The first kappa shape index (κ1) is 10.9. The van der Waals surface area contributed by atoms with Gasteiger partial charge in [-0.2, -0.15) is 0 Å². The van der Waals surface area contributed by atoms with Gasteiger partial charge in [-0.25, -0.2) is 4.98 Å². The number of H-pyrrole nitrogens is 1. The smallest absolute Gasteiger partial charge is 0.276 e. The Labute approximate surface area is 93.7 Å². The van der Waals surface area contributed by atoms with E-state index in [0.717, 1.165) is 25.6 Å². The van der Waals surface area contributed by atoms with Crippen LogP contribution in [0.25, 0.3) is 0 Å². The van der Waals surface area contributed by atoms with E-state index in [2.05, 4.69) is 20.6 Å². The number of nitrogens with two attached hydrogens (primary N) is 1. The van der Waals surface area contributed by atoms with Gasteiger partial charge in [0, 0.05) is 12.6 Å². The Morgan fingerprint density at radius 1 is 1.50 bits per heavy atom. The first-order chi connectivity index (χ1) is 7.77. The van der Waals surface area contributed by atoms with Crippen LogP contribution in [-0.4, -0.2) is 29.1 Å². The molecule has 1 heterocycles. The molecule has 6 nitrogen and oxygen atoms in total. The molecule has 0 aliphatic heterocycles. The fourth-order valence-electron chi connectivity index (χ4n) is 1.44. The highest BCUT2D eigenvalue weighted by Gasteiger charge is 2.19. The number of aromatic nitrogens is 2. The van der Waals surface area contributed by atoms with E-state index in [1.165, 1.54) is 19.2 Å². The van der Waals surface area contributed by atoms with Crippen molar-refractivity contribution < 1.29 is 0 Å². The van der Waals surface area contributed by atoms with E-state index in [0.29, 0.717) is 5.82 Å². The molecular weight excluding hydrogens is 206 g/mol. The Balaban J connectivity index is 1.71. The lowest BCUT2D eigenvalue weighted by atomic mass is 10.4. The zero-order valence-electron chi connectivity index (χ0n) is 9.12. The number of hydrogen-bond donors (Lipinski definition) is 4. The van der Waals surface area contributed by atoms with Crippen molar-refractivity contribution in [1.29, 1.82) is 0 Å². The minimum absolute atomic E-state index is 0.151. The topological polar surface area (TPSA) is 95.8 Å². The average Bonchev–Trinajstić information content (AvgIpc) is 3.07. The molecule has 2 rings (SSSR count). The Hall–Kier alpha value is -1.56. The Bertz CT molecular complexity index is 398. The summed E-state index contributed by atoms with van der Waals surface area (Å²) >= 11 is 0. The summed E-state index contributed by atoms with van der Waals surface area (Å²) in [6, 6.07) is 0.739. The minimum Gasteiger partial charge on any atom is -0.391 e. The van der Waals surface area contributed by atoms with Crippen LogP contribution in [0.4, 0.5) is 11.5 Å². The van der Waals surface area contributed by atoms with Crippen LogP contribution in [0.1, 0.15) is 19.3 Å². The number of hydrogen-bond acceptors (Lipinski definition) is 5. The number of nitrogens with zero attached hydrogens (tertiary/aromatic N) is 1. The third-order valence-electron chi connectivity index (χ3n) is 2.55. The molecule has 88 valence electrons. The molecule has 1 fully saturated rings. The van der Waals surface area contributed by atoms with Crippen molar-refractivity contribution in [3.63, 3.8) is 0 Å². The van der Waals surface area contributed by atoms with Crippen molar-refractivity contribution in [2.75, 3.05) is 24.1 Å². The molecule has 1 saturated carbocycles. The van der Waals surface area contributed by atoms with Gasteiger partial charge >= 0.3 is 0 Å². The van der Waals surface area contributed by atoms with Gasteiger partial charge in [-0.1, -0.05) is 0 Å². The fourth-order valence-corrected chi connectivity index (χ4v) is 1.44. The maximum Gasteiger partial charge on any atom is 0.276 e. The molecule has 0 unspecified atom stereocenters. The van der Waals surface area contributed by atoms with E-state index < -0.39 is 0 Å². The van der Waals surface area contributed by atoms with Crippen LogP contribution in [0.3, 0.4) is 0 Å². The normalized spacial score (nSPS) is 15.0. The van der Waals surface area contributed by atoms with Gasteiger partial charge < -0.3 is 21.4 Å². The van der Waals surface area contributed by atoms with Crippen LogP contribution in [0.15, 0.2) is 11.1 Å². The molecule has 0 aromatic carbocycles. The Morgan fingerprint density at radius 3 is 3.06 bits per heavy atom. The van der Waals surface area contributed by atoms with Crippen LogP contribution in [0, 0.1) is 0 Å². The quantitative estimate of drug-likeness (QED) is 0.505. The SMILES string of the molecule is Nc1c(NCCCNC2CC2)nc[nH]c1=O. The molecular formula is C10H17N5O. The van der Waals surface area contributed by atoms with Gasteiger partial charge in [0.25, 0.3) is 5.56 Å². The van der Waals surface area contributed by atoms with Gasteiger partial charge in [0.05, 0.1) is 6.33 Å². The van der Waals surface area contributed by atoms with Crippen LogP contribution in [0.5, 0.6) is 0 Å². The van der Waals surface area contributed by atoms with E-state index >= 15 is 0 Å². The van der Waals surface area contributed by atoms with E-state index in [9.17, 15) is 4.79 Å². The van der Waals surface area contributed by atoms with Gasteiger partial charge in [-0.15, -0.1) is 0 Å². The number of anilines is 2. The molecule has 0 atom stereocenters. The van der Waals surface area contributed by atoms with E-state index in [-0.39, 0.29) is 11.2 Å². The third kappa shape index (κ3) is 2.96. The van der Waals surface area contributed by atoms with Gasteiger partial charge in [0.15, 0.2) is 5.82 Å². The molecule has 5 N–H and O–H groups in total. The van der Waals surface area contributed by atoms with Crippen molar-refractivity contribution in [3.05, 3.63) is 16.7 Å². The molecule has 0 amide bonds. The van der Waals surface area contributed by atoms with Crippen molar-refractivity contribution in [2.24, 2.45) is 0 Å². The molecule has 0 bridgehead atoms. The van der Waals surface area contributed by atoms with Crippen molar-refractivity contribution in [3.8, 4) is 0 Å². The van der Waals surface area contributed by atoms with Crippen molar-refractivity contribution in [2.45, 2.75) is 25.3 Å². The molecule has 6 heteroatoms. The van der Waals surface area contributed by atoms with Crippen molar-refractivity contribution >= 4 is 11.5 Å². The van der Waals surface area contributed by atoms with E-state index in [1.54, 1.807) is 0 Å². The second-order valence-electron chi connectivity index (χ2n) is 4.00. The van der Waals surface area contributed by atoms with Crippen molar-refractivity contribution in [1.82, 2.24) is 15.3 Å². The summed E-state index contributed by atoms with van der Waals surface area (Å²) in [6.07, 6.45) is 4.94. The lowest BCUT2D eigenvalue weighted by molar-refractivity contribution is 0.658. The molecule has 1 aliphatic carbocycles. The monoisotopic (exact) mass is 223 g/mol. The maximum atomic E-state index is 11.2. The molecule has 1 aromatic rings. The first-order valence-corrected chi connectivity index (χ1v) is 5.58. The average molecular weight is 223 g/mol. The predicted molar refractivity (Wildman–Crippen MR) is 63.4 cm³/mol. The Kier molecular flexibility index (Phi) is 3.40. The van der Waals surface area contributed by atoms with Crippen LogP contribution >= 0.6 is 0 Å². The van der Waals surface area contributed by atoms with Crippen LogP contribution in [0.2, 0.25) is 0 Å². The lowest BCUT2D eigenvalue weighted by Crippen LogP contribution is -2.21. The van der Waals surface area contributed by atoms with Gasteiger partial charge in [-0.05, 0) is 25.8 Å². The minimum atomic E-state index is -0.298. The molecule has 1 aromatic heterocycles. The summed E-state index contributed by atoms with van der Waals surface area (Å²) in [5.74, 6) is 0.468. The molecule has 1 aliphatic rings. The van der Waals surface area contributed by atoms with E-state index in [1.807, 2.05) is 0 Å². The molecule has 0 radical (unpaired) electrons. The summed E-state index contributed by atoms with van der Waals surface area (Å²) in [7, 11) is 0. The van der Waals surface area contributed by atoms with E-state index in [4.69, 9.17) is 5.73 Å². The highest BCUT2D eigenvalue weighted by atomic mass is 16.1. The predicted octanol–water partition coefficient (Wildman–Crippen LogP) is -0.0939. The first-order valence-electron chi connectivity index (χ1n) is 5.58. The standard InChI is InChI=1S/C10H17N5O/c11-8-9(14-6-15-10(8)16)13-5-1-4-12-7-2-3-7/h6-7,12H,1-5,11H2,(H2,13,14,15,16). The molecule has 16 heavy (non-hydrogen) atoms. The summed E-state index contributed by atoms with van der Waals surface area (Å²) < 4.78 is 0. The maximum absolute atomic E-state index is 11.2. The largest absolute Gasteiger partial charge is 0.391 e. The zero-order valence-corrected chi connectivity index (χ0v) is 9.12. The van der Waals surface area contributed by atoms with Gasteiger partial charge in [0.1, 0.15) is 5.69 Å². The molecule has 0 saturated heterocycles. The number of nitrogens with one attached hydrogen (secondary N) is 3. The fraction of sp³-hybridized carbons (Fsp3) is 0.600. The number of nitrogen functional groups attached to an aromatic ring is 1.